The standard InChI is InChI=1S/C23H21BrN2O2/c1-26(16-18-7-3-2-4-8-18)23(28)20-9-5-6-10-21(20)25-22(27)15-17-11-13-19(24)14-12-17/h2-14H,15-16H2,1H3,(H,25,27). The maximum Gasteiger partial charge on any atom is 0.256 e. The highest BCUT2D eigenvalue weighted by molar-refractivity contribution is 9.10. The molecule has 0 saturated carbocycles. The van der Waals surface area contributed by atoms with Crippen molar-refractivity contribution in [3.8, 4) is 0 Å². The topological polar surface area (TPSA) is 49.4 Å². The summed E-state index contributed by atoms with van der Waals surface area (Å²) < 4.78 is 0.967. The molecule has 0 aliphatic heterocycles. The Labute approximate surface area is 173 Å². The first-order valence-corrected chi connectivity index (χ1v) is 9.75. The molecule has 0 aliphatic rings. The highest BCUT2D eigenvalue weighted by Crippen LogP contribution is 2.19. The molecule has 3 rings (SSSR count). The smallest absolute Gasteiger partial charge is 0.256 e. The van der Waals surface area contributed by atoms with Gasteiger partial charge in [0.2, 0.25) is 5.91 Å². The summed E-state index contributed by atoms with van der Waals surface area (Å²) in [6.07, 6.45) is 0.246. The molecule has 1 N–H and O–H groups in total. The zero-order valence-electron chi connectivity index (χ0n) is 15.6. The van der Waals surface area contributed by atoms with E-state index in [1.807, 2.05) is 60.7 Å². The van der Waals surface area contributed by atoms with Gasteiger partial charge < -0.3 is 10.2 Å². The zero-order valence-corrected chi connectivity index (χ0v) is 17.1. The zero-order chi connectivity index (χ0) is 19.9. The van der Waals surface area contributed by atoms with Gasteiger partial charge in [0.05, 0.1) is 17.7 Å². The van der Waals surface area contributed by atoms with Crippen molar-refractivity contribution < 1.29 is 9.59 Å². The van der Waals surface area contributed by atoms with E-state index >= 15 is 0 Å². The molecule has 0 aromatic heterocycles. The number of para-hydroxylation sites is 1. The first-order valence-electron chi connectivity index (χ1n) is 8.95. The molecule has 0 heterocycles. The monoisotopic (exact) mass is 436 g/mol. The Hall–Kier alpha value is -2.92. The number of rotatable bonds is 6. The Morgan fingerprint density at radius 3 is 2.21 bits per heavy atom. The predicted molar refractivity (Wildman–Crippen MR) is 115 cm³/mol. The second kappa shape index (κ2) is 9.33. The van der Waals surface area contributed by atoms with Gasteiger partial charge in [-0.15, -0.1) is 0 Å². The lowest BCUT2D eigenvalue weighted by atomic mass is 10.1. The summed E-state index contributed by atoms with van der Waals surface area (Å²) >= 11 is 3.39. The number of hydrogen-bond acceptors (Lipinski definition) is 2. The van der Waals surface area contributed by atoms with Crippen LogP contribution in [0.4, 0.5) is 5.69 Å². The van der Waals surface area contributed by atoms with Crippen LogP contribution in [-0.2, 0) is 17.8 Å². The molecule has 0 saturated heterocycles. The van der Waals surface area contributed by atoms with Gasteiger partial charge in [-0.3, -0.25) is 9.59 Å². The van der Waals surface area contributed by atoms with Gasteiger partial charge in [0.15, 0.2) is 0 Å². The molecule has 0 atom stereocenters. The molecule has 0 aliphatic carbocycles. The molecule has 2 amide bonds. The Morgan fingerprint density at radius 1 is 0.857 bits per heavy atom. The van der Waals surface area contributed by atoms with Crippen LogP contribution in [0.5, 0.6) is 0 Å². The van der Waals surface area contributed by atoms with E-state index in [-0.39, 0.29) is 18.2 Å². The number of benzene rings is 3. The third-order valence-electron chi connectivity index (χ3n) is 4.32. The van der Waals surface area contributed by atoms with E-state index in [4.69, 9.17) is 0 Å². The van der Waals surface area contributed by atoms with Crippen molar-refractivity contribution in [2.24, 2.45) is 0 Å². The third kappa shape index (κ3) is 5.30. The van der Waals surface area contributed by atoms with Crippen LogP contribution in [0.15, 0.2) is 83.3 Å². The van der Waals surface area contributed by atoms with Gasteiger partial charge >= 0.3 is 0 Å². The normalized spacial score (nSPS) is 10.4. The van der Waals surface area contributed by atoms with Gasteiger partial charge in [-0.2, -0.15) is 0 Å². The minimum absolute atomic E-state index is 0.136. The molecular formula is C23H21BrN2O2. The average molecular weight is 437 g/mol. The summed E-state index contributed by atoms with van der Waals surface area (Å²) in [7, 11) is 1.76. The predicted octanol–water partition coefficient (Wildman–Crippen LogP) is 4.90. The second-order valence-electron chi connectivity index (χ2n) is 6.54. The fraction of sp³-hybridized carbons (Fsp3) is 0.130. The Kier molecular flexibility index (Phi) is 6.61. The highest BCUT2D eigenvalue weighted by Gasteiger charge is 2.17. The summed E-state index contributed by atoms with van der Waals surface area (Å²) in [4.78, 5) is 27.0. The lowest BCUT2D eigenvalue weighted by Gasteiger charge is -2.19. The van der Waals surface area contributed by atoms with Gasteiger partial charge in [0, 0.05) is 18.1 Å². The van der Waals surface area contributed by atoms with E-state index in [0.29, 0.717) is 17.8 Å². The minimum atomic E-state index is -0.159. The van der Waals surface area contributed by atoms with Crippen LogP contribution < -0.4 is 5.32 Å². The lowest BCUT2D eigenvalue weighted by Crippen LogP contribution is -2.27. The van der Waals surface area contributed by atoms with Crippen molar-refractivity contribution in [3.63, 3.8) is 0 Å². The van der Waals surface area contributed by atoms with E-state index in [1.165, 1.54) is 0 Å². The van der Waals surface area contributed by atoms with Gasteiger partial charge in [-0.25, -0.2) is 0 Å². The summed E-state index contributed by atoms with van der Waals surface area (Å²) in [6, 6.07) is 24.5. The van der Waals surface area contributed by atoms with E-state index < -0.39 is 0 Å². The number of amides is 2. The van der Waals surface area contributed by atoms with Crippen molar-refractivity contribution in [1.29, 1.82) is 0 Å². The van der Waals surface area contributed by atoms with Crippen LogP contribution in [0.3, 0.4) is 0 Å². The van der Waals surface area contributed by atoms with Crippen molar-refractivity contribution in [1.82, 2.24) is 4.90 Å². The number of carbonyl (C=O) groups is 2. The number of nitrogens with zero attached hydrogens (tertiary/aromatic N) is 1. The van der Waals surface area contributed by atoms with Crippen LogP contribution in [0, 0.1) is 0 Å². The van der Waals surface area contributed by atoms with Gasteiger partial charge in [-0.05, 0) is 35.4 Å². The fourth-order valence-electron chi connectivity index (χ4n) is 2.90. The van der Waals surface area contributed by atoms with Gasteiger partial charge in [-0.1, -0.05) is 70.5 Å². The van der Waals surface area contributed by atoms with Crippen LogP contribution in [0.2, 0.25) is 0 Å². The molecule has 3 aromatic rings. The molecule has 0 spiro atoms. The number of carbonyl (C=O) groups excluding carboxylic acids is 2. The molecule has 28 heavy (non-hydrogen) atoms. The molecule has 142 valence electrons. The molecule has 0 radical (unpaired) electrons. The molecule has 5 heteroatoms. The van der Waals surface area contributed by atoms with Crippen molar-refractivity contribution in [2.75, 3.05) is 12.4 Å². The van der Waals surface area contributed by atoms with Crippen LogP contribution in [0.25, 0.3) is 0 Å². The summed E-state index contributed by atoms with van der Waals surface area (Å²) in [5.41, 5.74) is 2.96. The number of nitrogens with one attached hydrogen (secondary N) is 1. The van der Waals surface area contributed by atoms with Crippen LogP contribution >= 0.6 is 15.9 Å². The van der Waals surface area contributed by atoms with Crippen LogP contribution in [-0.4, -0.2) is 23.8 Å². The lowest BCUT2D eigenvalue weighted by molar-refractivity contribution is -0.115. The molecular weight excluding hydrogens is 416 g/mol. The first kappa shape index (κ1) is 19.8. The molecule has 4 nitrogen and oxygen atoms in total. The quantitative estimate of drug-likeness (QED) is 0.596. The molecule has 0 fully saturated rings. The first-order chi connectivity index (χ1) is 13.5. The summed E-state index contributed by atoms with van der Waals surface area (Å²) in [5.74, 6) is -0.295. The highest BCUT2D eigenvalue weighted by atomic mass is 79.9. The SMILES string of the molecule is CN(Cc1ccccc1)C(=O)c1ccccc1NC(=O)Cc1ccc(Br)cc1. The Morgan fingerprint density at radius 2 is 1.50 bits per heavy atom. The summed E-state index contributed by atoms with van der Waals surface area (Å²) in [5, 5.41) is 2.88. The second-order valence-corrected chi connectivity index (χ2v) is 7.46. The van der Waals surface area contributed by atoms with Gasteiger partial charge in [0.1, 0.15) is 0 Å². The molecule has 0 unspecified atom stereocenters. The number of anilines is 1. The third-order valence-corrected chi connectivity index (χ3v) is 4.85. The number of hydrogen-bond donors (Lipinski definition) is 1. The largest absolute Gasteiger partial charge is 0.337 e. The minimum Gasteiger partial charge on any atom is -0.337 e. The van der Waals surface area contributed by atoms with E-state index in [1.54, 1.807) is 30.1 Å². The maximum absolute atomic E-state index is 12.9. The van der Waals surface area contributed by atoms with Crippen LogP contribution in [0.1, 0.15) is 21.5 Å². The van der Waals surface area contributed by atoms with E-state index in [0.717, 1.165) is 15.6 Å². The maximum atomic E-state index is 12.9. The Balaban J connectivity index is 1.70. The van der Waals surface area contributed by atoms with Crippen molar-refractivity contribution >= 4 is 33.4 Å². The molecule has 3 aromatic carbocycles. The van der Waals surface area contributed by atoms with Gasteiger partial charge in [0.25, 0.3) is 5.91 Å². The number of halogens is 1. The van der Waals surface area contributed by atoms with Crippen molar-refractivity contribution in [2.45, 2.75) is 13.0 Å². The van der Waals surface area contributed by atoms with Crippen molar-refractivity contribution in [3.05, 3.63) is 100 Å². The van der Waals surface area contributed by atoms with E-state index in [9.17, 15) is 9.59 Å². The van der Waals surface area contributed by atoms with E-state index in [2.05, 4.69) is 21.2 Å². The molecule has 0 bridgehead atoms. The fourth-order valence-corrected chi connectivity index (χ4v) is 3.16. The summed E-state index contributed by atoms with van der Waals surface area (Å²) in [6.45, 7) is 0.501. The average Bonchev–Trinajstić information content (AvgIpc) is 2.70. The Bertz CT molecular complexity index is 956.